The number of rotatable bonds is 7. The third-order valence-corrected chi connectivity index (χ3v) is 7.79. The van der Waals surface area contributed by atoms with Crippen LogP contribution in [0.2, 0.25) is 0 Å². The van der Waals surface area contributed by atoms with E-state index in [1.807, 2.05) is 12.1 Å². The minimum atomic E-state index is -3.76. The molecule has 0 bridgehead atoms. The first kappa shape index (κ1) is 26.7. The smallest absolute Gasteiger partial charge is 0.319 e. The molecular formula is C23H31N7O6S. The van der Waals surface area contributed by atoms with Crippen LogP contribution in [0.15, 0.2) is 36.9 Å². The van der Waals surface area contributed by atoms with Crippen molar-refractivity contribution in [2.45, 2.75) is 50.7 Å². The number of imidazole rings is 1. The Kier molecular flexibility index (Phi) is 7.37. The Labute approximate surface area is 214 Å². The number of aliphatic hydroxyl groups excluding tert-OH is 2. The summed E-state index contributed by atoms with van der Waals surface area (Å²) in [6.45, 7) is 6.11. The summed E-state index contributed by atoms with van der Waals surface area (Å²) in [4.78, 5) is 24.2. The summed E-state index contributed by atoms with van der Waals surface area (Å²) in [6.07, 6.45) is -2.67. The number of carbonyl (C=O) groups excluding carboxylic acids is 1. The first-order valence-corrected chi connectivity index (χ1v) is 13.5. The molecule has 0 spiro atoms. The van der Waals surface area contributed by atoms with Crippen molar-refractivity contribution in [1.82, 2.24) is 24.8 Å². The summed E-state index contributed by atoms with van der Waals surface area (Å²) in [5.41, 5.74) is 8.02. The Bertz CT molecular complexity index is 1370. The highest BCUT2D eigenvalue weighted by Crippen LogP contribution is 2.32. The molecule has 1 aromatic carbocycles. The predicted octanol–water partition coefficient (Wildman–Crippen LogP) is 0.562. The quantitative estimate of drug-likeness (QED) is 0.286. The number of nitrogen functional groups attached to an aromatic ring is 1. The van der Waals surface area contributed by atoms with E-state index in [1.54, 1.807) is 12.1 Å². The van der Waals surface area contributed by atoms with Gasteiger partial charge in [-0.05, 0) is 23.1 Å². The number of aliphatic hydroxyl groups is 2. The lowest BCUT2D eigenvalue weighted by Crippen LogP contribution is -2.38. The van der Waals surface area contributed by atoms with Crippen LogP contribution in [0.5, 0.6) is 0 Å². The van der Waals surface area contributed by atoms with E-state index in [0.29, 0.717) is 11.2 Å². The van der Waals surface area contributed by atoms with Gasteiger partial charge in [-0.1, -0.05) is 32.9 Å². The SMILES string of the molecule is CC(C)(C)c1ccc(NC(=O)NCCS(=O)(=O)CC2OC(n3cnc4c(N)ncnc43)C(O)C2O)cc1. The van der Waals surface area contributed by atoms with E-state index in [2.05, 4.69) is 46.4 Å². The van der Waals surface area contributed by atoms with Crippen LogP contribution in [0.3, 0.4) is 0 Å². The third kappa shape index (κ3) is 5.98. The van der Waals surface area contributed by atoms with Crippen molar-refractivity contribution < 1.29 is 28.2 Å². The zero-order valence-electron chi connectivity index (χ0n) is 20.7. The van der Waals surface area contributed by atoms with Crippen molar-refractivity contribution >= 4 is 38.5 Å². The summed E-state index contributed by atoms with van der Waals surface area (Å²) >= 11 is 0. The van der Waals surface area contributed by atoms with Crippen molar-refractivity contribution in [1.29, 1.82) is 0 Å². The predicted molar refractivity (Wildman–Crippen MR) is 136 cm³/mol. The monoisotopic (exact) mass is 533 g/mol. The number of hydrogen-bond acceptors (Lipinski definition) is 10. The van der Waals surface area contributed by atoms with Gasteiger partial charge in [0.15, 0.2) is 27.5 Å². The Morgan fingerprint density at radius 1 is 1.14 bits per heavy atom. The average molecular weight is 534 g/mol. The molecule has 0 aliphatic carbocycles. The molecule has 200 valence electrons. The van der Waals surface area contributed by atoms with Gasteiger partial charge in [0.1, 0.15) is 30.2 Å². The number of anilines is 2. The summed E-state index contributed by atoms with van der Waals surface area (Å²) in [5.74, 6) is -0.799. The molecule has 4 unspecified atom stereocenters. The number of nitrogens with one attached hydrogen (secondary N) is 2. The molecule has 13 nitrogen and oxygen atoms in total. The molecule has 4 rings (SSSR count). The fourth-order valence-corrected chi connectivity index (χ4v) is 5.39. The van der Waals surface area contributed by atoms with Crippen LogP contribution in [-0.2, 0) is 20.0 Å². The number of carbonyl (C=O) groups is 1. The molecule has 1 fully saturated rings. The number of urea groups is 1. The highest BCUT2D eigenvalue weighted by Gasteiger charge is 2.45. The van der Waals surface area contributed by atoms with Crippen molar-refractivity contribution in [3.05, 3.63) is 42.5 Å². The van der Waals surface area contributed by atoms with E-state index in [4.69, 9.17) is 10.5 Å². The summed E-state index contributed by atoms with van der Waals surface area (Å²) in [6, 6.07) is 6.86. The Hall–Kier alpha value is -3.33. The Morgan fingerprint density at radius 2 is 1.84 bits per heavy atom. The van der Waals surface area contributed by atoms with Crippen molar-refractivity contribution in [2.75, 3.05) is 29.1 Å². The number of benzene rings is 1. The number of fused-ring (bicyclic) bond motifs is 1. The molecule has 0 saturated carbocycles. The number of nitrogens with two attached hydrogens (primary N) is 1. The lowest BCUT2D eigenvalue weighted by Gasteiger charge is -2.19. The number of aromatic nitrogens is 4. The highest BCUT2D eigenvalue weighted by molar-refractivity contribution is 7.91. The van der Waals surface area contributed by atoms with Gasteiger partial charge in [-0.15, -0.1) is 0 Å². The Balaban J connectivity index is 1.30. The van der Waals surface area contributed by atoms with Gasteiger partial charge in [-0.25, -0.2) is 28.2 Å². The van der Waals surface area contributed by atoms with Crippen LogP contribution in [0.25, 0.3) is 11.2 Å². The molecule has 3 aromatic rings. The molecule has 2 amide bonds. The summed E-state index contributed by atoms with van der Waals surface area (Å²) in [5, 5.41) is 26.1. The second-order valence-electron chi connectivity index (χ2n) is 9.95. The van der Waals surface area contributed by atoms with Gasteiger partial charge in [-0.2, -0.15) is 0 Å². The first-order chi connectivity index (χ1) is 17.4. The van der Waals surface area contributed by atoms with Crippen LogP contribution in [0, 0.1) is 0 Å². The fourth-order valence-electron chi connectivity index (χ4n) is 4.04. The first-order valence-electron chi connectivity index (χ1n) is 11.7. The number of amides is 2. The zero-order valence-corrected chi connectivity index (χ0v) is 21.5. The number of ether oxygens (including phenoxy) is 1. The van der Waals surface area contributed by atoms with Gasteiger partial charge in [0, 0.05) is 12.2 Å². The standard InChI is InChI=1S/C23H31N7O6S/c1-23(2,3)13-4-6-14(7-5-13)29-22(33)25-8-9-37(34,35)10-15-17(31)18(32)21(36-15)30-12-28-16-19(24)26-11-27-20(16)30/h4-7,11-12,15,17-18,21,31-32H,8-10H2,1-3H3,(H2,24,26,27)(H2,25,29,33). The zero-order chi connectivity index (χ0) is 27.0. The van der Waals surface area contributed by atoms with E-state index >= 15 is 0 Å². The molecule has 14 heteroatoms. The largest absolute Gasteiger partial charge is 0.387 e. The molecule has 37 heavy (non-hydrogen) atoms. The van der Waals surface area contributed by atoms with Crippen molar-refractivity contribution in [3.63, 3.8) is 0 Å². The minimum Gasteiger partial charge on any atom is -0.387 e. The number of sulfone groups is 1. The van der Waals surface area contributed by atoms with Crippen molar-refractivity contribution in [3.8, 4) is 0 Å². The maximum Gasteiger partial charge on any atom is 0.319 e. The van der Waals surface area contributed by atoms with Crippen molar-refractivity contribution in [2.24, 2.45) is 0 Å². The molecule has 6 N–H and O–H groups in total. The Morgan fingerprint density at radius 3 is 2.51 bits per heavy atom. The average Bonchev–Trinajstić information content (AvgIpc) is 3.36. The maximum atomic E-state index is 12.7. The molecule has 1 aliphatic heterocycles. The lowest BCUT2D eigenvalue weighted by atomic mass is 9.87. The van der Waals surface area contributed by atoms with Crippen LogP contribution in [0.4, 0.5) is 16.3 Å². The molecule has 1 saturated heterocycles. The summed E-state index contributed by atoms with van der Waals surface area (Å²) < 4.78 is 32.4. The van der Waals surface area contributed by atoms with Crippen LogP contribution >= 0.6 is 0 Å². The van der Waals surface area contributed by atoms with Gasteiger partial charge in [-0.3, -0.25) is 4.57 Å². The topological polar surface area (TPSA) is 195 Å². The third-order valence-electron chi connectivity index (χ3n) is 6.12. The van der Waals surface area contributed by atoms with Crippen LogP contribution < -0.4 is 16.4 Å². The van der Waals surface area contributed by atoms with E-state index in [1.165, 1.54) is 17.2 Å². The highest BCUT2D eigenvalue weighted by atomic mass is 32.2. The van der Waals surface area contributed by atoms with E-state index in [-0.39, 0.29) is 29.2 Å². The molecule has 2 aromatic heterocycles. The summed E-state index contributed by atoms with van der Waals surface area (Å²) in [7, 11) is -3.76. The minimum absolute atomic E-state index is 0.0171. The van der Waals surface area contributed by atoms with Gasteiger partial charge in [0.25, 0.3) is 0 Å². The maximum absolute atomic E-state index is 12.7. The fraction of sp³-hybridized carbons (Fsp3) is 0.478. The van der Waals surface area contributed by atoms with Gasteiger partial charge >= 0.3 is 6.03 Å². The lowest BCUT2D eigenvalue weighted by molar-refractivity contribution is -0.0292. The molecule has 3 heterocycles. The number of nitrogens with zero attached hydrogens (tertiary/aromatic N) is 4. The second-order valence-corrected chi connectivity index (χ2v) is 12.2. The van der Waals surface area contributed by atoms with E-state index in [0.717, 1.165) is 5.56 Å². The van der Waals surface area contributed by atoms with Gasteiger partial charge in [0.2, 0.25) is 0 Å². The molecule has 4 atom stereocenters. The van der Waals surface area contributed by atoms with Crippen LogP contribution in [0.1, 0.15) is 32.6 Å². The van der Waals surface area contributed by atoms with E-state index in [9.17, 15) is 23.4 Å². The number of hydrogen-bond donors (Lipinski definition) is 5. The molecule has 0 radical (unpaired) electrons. The van der Waals surface area contributed by atoms with Gasteiger partial charge < -0.3 is 31.3 Å². The second kappa shape index (κ2) is 10.2. The van der Waals surface area contributed by atoms with Gasteiger partial charge in [0.05, 0.1) is 17.8 Å². The molecule has 1 aliphatic rings. The molecular weight excluding hydrogens is 502 g/mol. The van der Waals surface area contributed by atoms with E-state index < -0.39 is 46.2 Å². The van der Waals surface area contributed by atoms with Crippen LogP contribution in [-0.4, -0.2) is 80.5 Å². The normalized spacial score (nSPS) is 22.3.